The molecule has 3 rings (SSSR count). The molecule has 0 bridgehead atoms. The molecule has 1 aromatic carbocycles. The molecule has 1 unspecified atom stereocenters. The molecule has 1 aromatic heterocycles. The SMILES string of the molecule is C=C(NC1CCC(=O)NC1=O)c1cc(NC(=O)CCCCC)cc2ncn(C)c12. The minimum absolute atomic E-state index is 0.0385. The fourth-order valence-electron chi connectivity index (χ4n) is 3.48. The molecule has 8 nitrogen and oxygen atoms in total. The quantitative estimate of drug-likeness (QED) is 0.469. The van der Waals surface area contributed by atoms with Crippen LogP contribution in [0.15, 0.2) is 25.0 Å². The Balaban J connectivity index is 1.82. The Bertz CT molecular complexity index is 963. The summed E-state index contributed by atoms with van der Waals surface area (Å²) in [5.74, 6) is -0.659. The Morgan fingerprint density at radius 2 is 2.14 bits per heavy atom. The summed E-state index contributed by atoms with van der Waals surface area (Å²) in [5.41, 5.74) is 3.49. The van der Waals surface area contributed by atoms with E-state index < -0.39 is 6.04 Å². The molecule has 0 spiro atoms. The maximum Gasteiger partial charge on any atom is 0.249 e. The van der Waals surface area contributed by atoms with E-state index in [9.17, 15) is 14.4 Å². The van der Waals surface area contributed by atoms with E-state index in [2.05, 4.69) is 34.4 Å². The number of nitrogens with one attached hydrogen (secondary N) is 3. The van der Waals surface area contributed by atoms with Crippen molar-refractivity contribution < 1.29 is 14.4 Å². The van der Waals surface area contributed by atoms with Gasteiger partial charge in [0.1, 0.15) is 6.04 Å². The molecule has 1 fully saturated rings. The molecule has 1 saturated heterocycles. The molecule has 3 N–H and O–H groups in total. The van der Waals surface area contributed by atoms with E-state index in [4.69, 9.17) is 0 Å². The van der Waals surface area contributed by atoms with Gasteiger partial charge in [-0.3, -0.25) is 19.7 Å². The van der Waals surface area contributed by atoms with Gasteiger partial charge in [-0.1, -0.05) is 26.3 Å². The predicted octanol–water partition coefficient (Wildman–Crippen LogP) is 2.46. The van der Waals surface area contributed by atoms with E-state index in [1.807, 2.05) is 23.7 Å². The number of fused-ring (bicyclic) bond motifs is 1. The lowest BCUT2D eigenvalue weighted by Crippen LogP contribution is -2.50. The fraction of sp³-hybridized carbons (Fsp3) is 0.429. The van der Waals surface area contributed by atoms with Crippen LogP contribution in [-0.2, 0) is 21.4 Å². The number of rotatable bonds is 8. The standard InChI is InChI=1S/C21H27N5O3/c1-4-5-6-7-18(27)24-14-10-15(20-17(11-14)22-12-26(20)3)13(2)23-16-8-9-19(28)25-21(16)29/h10-12,16,23H,2,4-9H2,1,3H3,(H,24,27)(H,25,28,29). The second-order valence-corrected chi connectivity index (χ2v) is 7.38. The van der Waals surface area contributed by atoms with Gasteiger partial charge in [-0.2, -0.15) is 0 Å². The highest BCUT2D eigenvalue weighted by atomic mass is 16.2. The highest BCUT2D eigenvalue weighted by molar-refractivity contribution is 6.01. The Kier molecular flexibility index (Phi) is 6.31. The van der Waals surface area contributed by atoms with Crippen molar-refractivity contribution in [2.24, 2.45) is 7.05 Å². The molecular weight excluding hydrogens is 370 g/mol. The maximum absolute atomic E-state index is 12.2. The third-order valence-corrected chi connectivity index (χ3v) is 5.02. The normalized spacial score (nSPS) is 16.6. The first-order valence-corrected chi connectivity index (χ1v) is 9.93. The summed E-state index contributed by atoms with van der Waals surface area (Å²) in [6, 6.07) is 3.13. The number of hydrogen-bond donors (Lipinski definition) is 3. The number of aromatic nitrogens is 2. The largest absolute Gasteiger partial charge is 0.374 e. The lowest BCUT2D eigenvalue weighted by Gasteiger charge is -2.24. The number of imide groups is 1. The van der Waals surface area contributed by atoms with Crippen molar-refractivity contribution in [3.63, 3.8) is 0 Å². The van der Waals surface area contributed by atoms with Crippen molar-refractivity contribution in [1.29, 1.82) is 0 Å². The van der Waals surface area contributed by atoms with Gasteiger partial charge in [0.2, 0.25) is 17.7 Å². The zero-order valence-corrected chi connectivity index (χ0v) is 16.9. The number of imidazole rings is 1. The molecule has 8 heteroatoms. The van der Waals surface area contributed by atoms with Gasteiger partial charge in [-0.25, -0.2) is 4.98 Å². The van der Waals surface area contributed by atoms with Crippen molar-refractivity contribution in [3.05, 3.63) is 30.6 Å². The molecule has 29 heavy (non-hydrogen) atoms. The average Bonchev–Trinajstić information content (AvgIpc) is 3.04. The van der Waals surface area contributed by atoms with Crippen LogP contribution in [0.4, 0.5) is 5.69 Å². The van der Waals surface area contributed by atoms with Crippen LogP contribution < -0.4 is 16.0 Å². The van der Waals surface area contributed by atoms with Gasteiger partial charge >= 0.3 is 0 Å². The van der Waals surface area contributed by atoms with Crippen molar-refractivity contribution in [2.75, 3.05) is 5.32 Å². The molecule has 1 aliphatic rings. The van der Waals surface area contributed by atoms with E-state index >= 15 is 0 Å². The third kappa shape index (κ3) is 4.82. The zero-order valence-electron chi connectivity index (χ0n) is 16.9. The highest BCUT2D eigenvalue weighted by Gasteiger charge is 2.27. The summed E-state index contributed by atoms with van der Waals surface area (Å²) in [4.78, 5) is 40.1. The molecule has 0 aliphatic carbocycles. The second-order valence-electron chi connectivity index (χ2n) is 7.38. The molecule has 0 radical (unpaired) electrons. The number of aryl methyl sites for hydroxylation is 1. The molecule has 1 atom stereocenters. The van der Waals surface area contributed by atoms with Gasteiger partial charge in [-0.15, -0.1) is 0 Å². The van der Waals surface area contributed by atoms with Crippen LogP contribution in [0.3, 0.4) is 0 Å². The van der Waals surface area contributed by atoms with E-state index in [0.29, 0.717) is 24.2 Å². The van der Waals surface area contributed by atoms with Gasteiger partial charge in [0.15, 0.2) is 0 Å². The van der Waals surface area contributed by atoms with Gasteiger partial charge in [0.05, 0.1) is 17.4 Å². The number of unbranched alkanes of at least 4 members (excludes halogenated alkanes) is 2. The monoisotopic (exact) mass is 397 g/mol. The number of carbonyl (C=O) groups excluding carboxylic acids is 3. The van der Waals surface area contributed by atoms with Crippen LogP contribution in [0.25, 0.3) is 16.7 Å². The topological polar surface area (TPSA) is 105 Å². The maximum atomic E-state index is 12.2. The molecule has 0 saturated carbocycles. The number of carbonyl (C=O) groups is 3. The number of nitrogens with zero attached hydrogens (tertiary/aromatic N) is 2. The van der Waals surface area contributed by atoms with Crippen LogP contribution in [-0.4, -0.2) is 33.3 Å². The predicted molar refractivity (Wildman–Crippen MR) is 112 cm³/mol. The first-order chi connectivity index (χ1) is 13.9. The number of piperidine rings is 1. The van der Waals surface area contributed by atoms with E-state index in [-0.39, 0.29) is 24.1 Å². The van der Waals surface area contributed by atoms with Gasteiger partial charge in [-0.05, 0) is 25.0 Å². The summed E-state index contributed by atoms with van der Waals surface area (Å²) in [7, 11) is 1.88. The molecule has 3 amide bonds. The summed E-state index contributed by atoms with van der Waals surface area (Å²) in [5, 5.41) is 8.39. The van der Waals surface area contributed by atoms with E-state index in [1.165, 1.54) is 0 Å². The molecule has 1 aliphatic heterocycles. The van der Waals surface area contributed by atoms with Gasteiger partial charge < -0.3 is 15.2 Å². The first-order valence-electron chi connectivity index (χ1n) is 9.93. The van der Waals surface area contributed by atoms with Crippen molar-refractivity contribution >= 4 is 40.1 Å². The summed E-state index contributed by atoms with van der Waals surface area (Å²) < 4.78 is 1.87. The minimum atomic E-state index is -0.532. The zero-order chi connectivity index (χ0) is 21.0. The fourth-order valence-corrected chi connectivity index (χ4v) is 3.48. The third-order valence-electron chi connectivity index (χ3n) is 5.02. The van der Waals surface area contributed by atoms with Crippen molar-refractivity contribution in [3.8, 4) is 0 Å². The van der Waals surface area contributed by atoms with Crippen LogP contribution in [0.5, 0.6) is 0 Å². The van der Waals surface area contributed by atoms with Gasteiger partial charge in [0.25, 0.3) is 0 Å². The Morgan fingerprint density at radius 1 is 1.34 bits per heavy atom. The van der Waals surface area contributed by atoms with E-state index in [1.54, 1.807) is 6.33 Å². The van der Waals surface area contributed by atoms with Crippen molar-refractivity contribution in [2.45, 2.75) is 51.5 Å². The number of anilines is 1. The minimum Gasteiger partial charge on any atom is -0.374 e. The smallest absolute Gasteiger partial charge is 0.249 e. The lowest BCUT2D eigenvalue weighted by atomic mass is 10.0. The number of hydrogen-bond acceptors (Lipinski definition) is 5. The average molecular weight is 397 g/mol. The van der Waals surface area contributed by atoms with E-state index in [0.717, 1.165) is 35.9 Å². The Hall–Kier alpha value is -3.16. The van der Waals surface area contributed by atoms with Crippen LogP contribution in [0.2, 0.25) is 0 Å². The molecular formula is C21H27N5O3. The number of amides is 3. The lowest BCUT2D eigenvalue weighted by molar-refractivity contribution is -0.134. The van der Waals surface area contributed by atoms with Crippen molar-refractivity contribution in [1.82, 2.24) is 20.2 Å². The molecule has 154 valence electrons. The molecule has 2 aromatic rings. The Labute approximate surface area is 169 Å². The number of benzene rings is 1. The molecule has 2 heterocycles. The summed E-state index contributed by atoms with van der Waals surface area (Å²) in [6.07, 6.45) is 5.79. The van der Waals surface area contributed by atoms with Crippen LogP contribution in [0, 0.1) is 0 Å². The van der Waals surface area contributed by atoms with Crippen LogP contribution in [0.1, 0.15) is 51.0 Å². The summed E-state index contributed by atoms with van der Waals surface area (Å²) in [6.45, 7) is 6.19. The van der Waals surface area contributed by atoms with Gasteiger partial charge in [0, 0.05) is 36.8 Å². The Morgan fingerprint density at radius 3 is 2.86 bits per heavy atom. The highest BCUT2D eigenvalue weighted by Crippen LogP contribution is 2.27. The summed E-state index contributed by atoms with van der Waals surface area (Å²) >= 11 is 0. The first kappa shape index (κ1) is 20.6. The second kappa shape index (κ2) is 8.89. The van der Waals surface area contributed by atoms with Crippen LogP contribution >= 0.6 is 0 Å².